The van der Waals surface area contributed by atoms with Gasteiger partial charge < -0.3 is 16.0 Å². The summed E-state index contributed by atoms with van der Waals surface area (Å²) in [6.07, 6.45) is 1.50. The highest BCUT2D eigenvalue weighted by Gasteiger charge is 2.06. The van der Waals surface area contributed by atoms with Crippen LogP contribution in [-0.4, -0.2) is 19.1 Å². The van der Waals surface area contributed by atoms with Gasteiger partial charge in [-0.15, -0.1) is 0 Å². The highest BCUT2D eigenvalue weighted by molar-refractivity contribution is 5.72. The van der Waals surface area contributed by atoms with E-state index in [0.29, 0.717) is 17.1 Å². The van der Waals surface area contributed by atoms with E-state index >= 15 is 0 Å². The van der Waals surface area contributed by atoms with Gasteiger partial charge in [0.1, 0.15) is 6.07 Å². The second-order valence-electron chi connectivity index (χ2n) is 4.79. The molecule has 2 rings (SSSR count). The molecule has 0 saturated heterocycles. The Morgan fingerprint density at radius 3 is 2.65 bits per heavy atom. The van der Waals surface area contributed by atoms with E-state index in [1.165, 1.54) is 11.8 Å². The predicted octanol–water partition coefficient (Wildman–Crippen LogP) is 2.65. The number of nitrogens with one attached hydrogen (secondary N) is 1. The molecule has 2 aromatic rings. The van der Waals surface area contributed by atoms with Crippen molar-refractivity contribution in [2.75, 3.05) is 30.0 Å². The number of anilines is 4. The molecule has 0 fully saturated rings. The van der Waals surface area contributed by atoms with Crippen molar-refractivity contribution in [1.82, 2.24) is 4.98 Å². The van der Waals surface area contributed by atoms with Crippen LogP contribution < -0.4 is 16.0 Å². The van der Waals surface area contributed by atoms with Crippen molar-refractivity contribution in [3.63, 3.8) is 0 Å². The van der Waals surface area contributed by atoms with Gasteiger partial charge in [-0.05, 0) is 30.7 Å². The van der Waals surface area contributed by atoms with Gasteiger partial charge in [-0.25, -0.2) is 4.98 Å². The van der Waals surface area contributed by atoms with Crippen LogP contribution in [0, 0.1) is 18.3 Å². The zero-order chi connectivity index (χ0) is 14.7. The van der Waals surface area contributed by atoms with E-state index in [1.54, 1.807) is 6.07 Å². The lowest BCUT2D eigenvalue weighted by molar-refractivity contribution is 1.11. The summed E-state index contributed by atoms with van der Waals surface area (Å²) in [4.78, 5) is 6.22. The summed E-state index contributed by atoms with van der Waals surface area (Å²) in [5.41, 5.74) is 10.0. The average molecular weight is 267 g/mol. The predicted molar refractivity (Wildman–Crippen MR) is 82.2 cm³/mol. The molecule has 0 aliphatic carbocycles. The van der Waals surface area contributed by atoms with Gasteiger partial charge in [0.15, 0.2) is 5.82 Å². The van der Waals surface area contributed by atoms with Crippen LogP contribution in [0.15, 0.2) is 30.5 Å². The number of aryl methyl sites for hydroxylation is 1. The van der Waals surface area contributed by atoms with Gasteiger partial charge in [-0.2, -0.15) is 5.26 Å². The molecule has 102 valence electrons. The van der Waals surface area contributed by atoms with Gasteiger partial charge in [-0.1, -0.05) is 6.07 Å². The van der Waals surface area contributed by atoms with E-state index in [-0.39, 0.29) is 0 Å². The minimum atomic E-state index is 0.450. The van der Waals surface area contributed by atoms with Crippen LogP contribution in [0.1, 0.15) is 11.1 Å². The van der Waals surface area contributed by atoms with Gasteiger partial charge in [0.05, 0.1) is 11.3 Å². The monoisotopic (exact) mass is 267 g/mol. The molecule has 20 heavy (non-hydrogen) atoms. The maximum Gasteiger partial charge on any atom is 0.153 e. The minimum Gasteiger partial charge on any atom is -0.396 e. The SMILES string of the molecule is Cc1ccc(Nc2ncc(C#N)cc2N)cc1N(C)C. The van der Waals surface area contributed by atoms with Crippen molar-refractivity contribution in [2.24, 2.45) is 0 Å². The smallest absolute Gasteiger partial charge is 0.153 e. The summed E-state index contributed by atoms with van der Waals surface area (Å²) >= 11 is 0. The quantitative estimate of drug-likeness (QED) is 0.893. The molecule has 0 bridgehead atoms. The summed E-state index contributed by atoms with van der Waals surface area (Å²) < 4.78 is 0. The van der Waals surface area contributed by atoms with Gasteiger partial charge >= 0.3 is 0 Å². The molecule has 3 N–H and O–H groups in total. The molecular formula is C15H17N5. The highest BCUT2D eigenvalue weighted by atomic mass is 15.1. The van der Waals surface area contributed by atoms with Crippen molar-refractivity contribution in [1.29, 1.82) is 5.26 Å². The van der Waals surface area contributed by atoms with Crippen molar-refractivity contribution in [2.45, 2.75) is 6.92 Å². The molecule has 0 atom stereocenters. The van der Waals surface area contributed by atoms with E-state index in [1.807, 2.05) is 38.4 Å². The maximum atomic E-state index is 8.80. The minimum absolute atomic E-state index is 0.450. The second kappa shape index (κ2) is 5.49. The van der Waals surface area contributed by atoms with Crippen LogP contribution in [0.4, 0.5) is 22.9 Å². The molecule has 0 aliphatic heterocycles. The summed E-state index contributed by atoms with van der Waals surface area (Å²) in [6.45, 7) is 2.06. The number of rotatable bonds is 3. The Balaban J connectivity index is 2.31. The maximum absolute atomic E-state index is 8.80. The Labute approximate surface area is 118 Å². The first-order valence-corrected chi connectivity index (χ1v) is 6.22. The molecule has 1 aromatic carbocycles. The Bertz CT molecular complexity index is 670. The number of pyridine rings is 1. The van der Waals surface area contributed by atoms with Crippen LogP contribution in [0.2, 0.25) is 0 Å². The van der Waals surface area contributed by atoms with Gasteiger partial charge in [0, 0.05) is 31.7 Å². The second-order valence-corrected chi connectivity index (χ2v) is 4.79. The fourth-order valence-corrected chi connectivity index (χ4v) is 1.95. The highest BCUT2D eigenvalue weighted by Crippen LogP contribution is 2.26. The third kappa shape index (κ3) is 2.81. The molecule has 5 heteroatoms. The largest absolute Gasteiger partial charge is 0.396 e. The van der Waals surface area contributed by atoms with E-state index < -0.39 is 0 Å². The molecule has 0 amide bonds. The zero-order valence-electron chi connectivity index (χ0n) is 11.8. The lowest BCUT2D eigenvalue weighted by atomic mass is 10.1. The summed E-state index contributed by atoms with van der Waals surface area (Å²) in [6, 6.07) is 9.67. The molecule has 1 aromatic heterocycles. The fourth-order valence-electron chi connectivity index (χ4n) is 1.95. The first kappa shape index (κ1) is 13.7. The normalized spacial score (nSPS) is 9.90. The fraction of sp³-hybridized carbons (Fsp3) is 0.200. The first-order chi connectivity index (χ1) is 9.51. The number of aromatic nitrogens is 1. The van der Waals surface area contributed by atoms with Crippen LogP contribution in [0.3, 0.4) is 0 Å². The average Bonchev–Trinajstić information content (AvgIpc) is 2.42. The molecule has 0 radical (unpaired) electrons. The van der Waals surface area contributed by atoms with Gasteiger partial charge in [-0.3, -0.25) is 0 Å². The number of nitrogens with two attached hydrogens (primary N) is 1. The molecule has 1 heterocycles. The molecule has 0 aliphatic rings. The third-order valence-electron chi connectivity index (χ3n) is 3.00. The standard InChI is InChI=1S/C15H17N5/c1-10-4-5-12(7-14(10)20(2)3)19-15-13(17)6-11(8-16)9-18-15/h4-7,9H,17H2,1-3H3,(H,18,19). The van der Waals surface area contributed by atoms with Gasteiger partial charge in [0.2, 0.25) is 0 Å². The van der Waals surface area contributed by atoms with E-state index in [2.05, 4.69) is 22.1 Å². The number of hydrogen-bond acceptors (Lipinski definition) is 5. The molecule has 0 saturated carbocycles. The Morgan fingerprint density at radius 2 is 2.05 bits per heavy atom. The number of nitriles is 1. The van der Waals surface area contributed by atoms with Gasteiger partial charge in [0.25, 0.3) is 0 Å². The number of nitrogens with zero attached hydrogens (tertiary/aromatic N) is 3. The summed E-state index contributed by atoms with van der Waals surface area (Å²) in [5.74, 6) is 0.553. The van der Waals surface area contributed by atoms with E-state index in [4.69, 9.17) is 11.0 Å². The molecule has 5 nitrogen and oxygen atoms in total. The van der Waals surface area contributed by atoms with Crippen LogP contribution >= 0.6 is 0 Å². The Hall–Kier alpha value is -2.74. The van der Waals surface area contributed by atoms with Crippen LogP contribution in [0.5, 0.6) is 0 Å². The zero-order valence-corrected chi connectivity index (χ0v) is 11.8. The summed E-state index contributed by atoms with van der Waals surface area (Å²) in [5, 5.41) is 12.0. The lowest BCUT2D eigenvalue weighted by Gasteiger charge is -2.17. The molecular weight excluding hydrogens is 250 g/mol. The van der Waals surface area contributed by atoms with Crippen molar-refractivity contribution >= 4 is 22.9 Å². The number of nitrogen functional groups attached to an aromatic ring is 1. The number of hydrogen-bond donors (Lipinski definition) is 2. The van der Waals surface area contributed by atoms with E-state index in [0.717, 1.165) is 11.4 Å². The molecule has 0 unspecified atom stereocenters. The Morgan fingerprint density at radius 1 is 1.30 bits per heavy atom. The Kier molecular flexibility index (Phi) is 3.76. The third-order valence-corrected chi connectivity index (χ3v) is 3.00. The first-order valence-electron chi connectivity index (χ1n) is 6.22. The van der Waals surface area contributed by atoms with Crippen molar-refractivity contribution in [3.05, 3.63) is 41.6 Å². The van der Waals surface area contributed by atoms with Crippen LogP contribution in [0.25, 0.3) is 0 Å². The lowest BCUT2D eigenvalue weighted by Crippen LogP contribution is -2.10. The molecule has 0 spiro atoms. The van der Waals surface area contributed by atoms with Crippen molar-refractivity contribution in [3.8, 4) is 6.07 Å². The van der Waals surface area contributed by atoms with Crippen LogP contribution in [-0.2, 0) is 0 Å². The van der Waals surface area contributed by atoms with E-state index in [9.17, 15) is 0 Å². The van der Waals surface area contributed by atoms with Crippen molar-refractivity contribution < 1.29 is 0 Å². The summed E-state index contributed by atoms with van der Waals surface area (Å²) in [7, 11) is 4.00. The topological polar surface area (TPSA) is 78.0 Å². The number of benzene rings is 1.